The van der Waals surface area contributed by atoms with Crippen LogP contribution < -0.4 is 5.73 Å². The van der Waals surface area contributed by atoms with Crippen LogP contribution in [0.1, 0.15) is 51.6 Å². The second kappa shape index (κ2) is 5.13. The first-order chi connectivity index (χ1) is 9.89. The molecule has 2 N–H and O–H groups in total. The Morgan fingerprint density at radius 1 is 1.14 bits per heavy atom. The lowest BCUT2D eigenvalue weighted by Gasteiger charge is -2.28. The van der Waals surface area contributed by atoms with Crippen LogP contribution >= 0.6 is 0 Å². The van der Waals surface area contributed by atoms with Crippen LogP contribution in [-0.4, -0.2) is 15.3 Å². The van der Waals surface area contributed by atoms with Gasteiger partial charge in [-0.3, -0.25) is 4.68 Å². The molecule has 21 heavy (non-hydrogen) atoms. The highest BCUT2D eigenvalue weighted by Crippen LogP contribution is 2.38. The molecule has 1 saturated carbocycles. The molecule has 2 aromatic rings. The molecule has 0 radical (unpaired) electrons. The molecule has 0 bridgehead atoms. The molecule has 3 heteroatoms. The Kier molecular flexibility index (Phi) is 3.56. The summed E-state index contributed by atoms with van der Waals surface area (Å²) in [4.78, 5) is 0. The third-order valence-electron chi connectivity index (χ3n) is 5.18. The predicted octanol–water partition coefficient (Wildman–Crippen LogP) is 3.80. The third-order valence-corrected chi connectivity index (χ3v) is 5.18. The smallest absolute Gasteiger partial charge is 0.0721 e. The summed E-state index contributed by atoms with van der Waals surface area (Å²) in [5, 5.41) is 5.99. The van der Waals surface area contributed by atoms with Gasteiger partial charge in [-0.2, -0.15) is 5.10 Å². The fraction of sp³-hybridized carbons (Fsp3) is 0.611. The average Bonchev–Trinajstić information content (AvgIpc) is 2.66. The van der Waals surface area contributed by atoms with Gasteiger partial charge in [0.25, 0.3) is 0 Å². The minimum absolute atomic E-state index is 0.0924. The van der Waals surface area contributed by atoms with E-state index in [1.807, 2.05) is 11.7 Å². The fourth-order valence-corrected chi connectivity index (χ4v) is 3.69. The van der Waals surface area contributed by atoms with Crippen LogP contribution in [0.15, 0.2) is 24.3 Å². The number of hydrogen-bond donors (Lipinski definition) is 1. The normalized spacial score (nSPS) is 25.9. The second-order valence-electron chi connectivity index (χ2n) is 7.64. The highest BCUT2D eigenvalue weighted by molar-refractivity contribution is 5.81. The van der Waals surface area contributed by atoms with Crippen molar-refractivity contribution >= 4 is 10.9 Å². The summed E-state index contributed by atoms with van der Waals surface area (Å²) in [6.45, 7) is 4.74. The maximum absolute atomic E-state index is 6.76. The Balaban J connectivity index is 1.87. The molecule has 1 aromatic carbocycles. The minimum atomic E-state index is -0.0924. The number of rotatable bonds is 2. The van der Waals surface area contributed by atoms with Crippen LogP contribution in [0, 0.1) is 5.41 Å². The van der Waals surface area contributed by atoms with Gasteiger partial charge < -0.3 is 5.73 Å². The van der Waals surface area contributed by atoms with Crippen LogP contribution in [0.3, 0.4) is 0 Å². The Hall–Kier alpha value is -1.35. The summed E-state index contributed by atoms with van der Waals surface area (Å²) in [5.41, 5.74) is 9.47. The van der Waals surface area contributed by atoms with Gasteiger partial charge in [-0.05, 0) is 37.2 Å². The summed E-state index contributed by atoms with van der Waals surface area (Å²) in [6, 6.07) is 8.46. The monoisotopic (exact) mass is 285 g/mol. The number of nitrogens with zero attached hydrogens (tertiary/aromatic N) is 2. The number of fused-ring (bicyclic) bond motifs is 1. The lowest BCUT2D eigenvalue weighted by molar-refractivity contribution is 0.296. The molecule has 1 atom stereocenters. The first kappa shape index (κ1) is 14.6. The molecule has 3 rings (SSSR count). The van der Waals surface area contributed by atoms with Crippen LogP contribution in [-0.2, 0) is 13.5 Å². The largest absolute Gasteiger partial charge is 0.325 e. The van der Waals surface area contributed by atoms with Gasteiger partial charge in [0, 0.05) is 24.4 Å². The molecule has 1 aromatic heterocycles. The van der Waals surface area contributed by atoms with Crippen molar-refractivity contribution in [3.05, 3.63) is 30.0 Å². The maximum Gasteiger partial charge on any atom is 0.0721 e. The van der Waals surface area contributed by atoms with Crippen LogP contribution in [0.4, 0.5) is 0 Å². The Labute approximate surface area is 127 Å². The summed E-state index contributed by atoms with van der Waals surface area (Å²) in [7, 11) is 2.02. The van der Waals surface area contributed by atoms with Crippen molar-refractivity contribution in [3.63, 3.8) is 0 Å². The Morgan fingerprint density at radius 3 is 2.71 bits per heavy atom. The van der Waals surface area contributed by atoms with E-state index in [-0.39, 0.29) is 5.54 Å². The van der Waals surface area contributed by atoms with E-state index in [9.17, 15) is 0 Å². The number of nitrogens with two attached hydrogens (primary N) is 1. The van der Waals surface area contributed by atoms with Crippen molar-refractivity contribution in [2.45, 2.75) is 57.9 Å². The van der Waals surface area contributed by atoms with Gasteiger partial charge in [0.2, 0.25) is 0 Å². The molecule has 1 unspecified atom stereocenters. The van der Waals surface area contributed by atoms with Crippen molar-refractivity contribution in [3.8, 4) is 0 Å². The summed E-state index contributed by atoms with van der Waals surface area (Å²) in [5.74, 6) is 0. The molecular weight excluding hydrogens is 258 g/mol. The molecule has 1 fully saturated rings. The quantitative estimate of drug-likeness (QED) is 0.853. The van der Waals surface area contributed by atoms with Crippen LogP contribution in [0.25, 0.3) is 10.9 Å². The van der Waals surface area contributed by atoms with E-state index in [1.165, 1.54) is 30.2 Å². The zero-order chi connectivity index (χ0) is 15.1. The average molecular weight is 285 g/mol. The first-order valence-corrected chi connectivity index (χ1v) is 8.08. The molecule has 0 saturated heterocycles. The molecule has 1 aliphatic carbocycles. The van der Waals surface area contributed by atoms with E-state index >= 15 is 0 Å². The summed E-state index contributed by atoms with van der Waals surface area (Å²) >= 11 is 0. The van der Waals surface area contributed by atoms with E-state index < -0.39 is 0 Å². The number of benzene rings is 1. The van der Waals surface area contributed by atoms with Gasteiger partial charge in [-0.25, -0.2) is 0 Å². The molecule has 0 amide bonds. The molecule has 1 aliphatic rings. The number of para-hydroxylation sites is 1. The minimum Gasteiger partial charge on any atom is -0.325 e. The number of hydrogen-bond acceptors (Lipinski definition) is 2. The molecule has 3 nitrogen and oxygen atoms in total. The van der Waals surface area contributed by atoms with Gasteiger partial charge in [-0.1, -0.05) is 38.5 Å². The van der Waals surface area contributed by atoms with E-state index in [0.717, 1.165) is 25.0 Å². The van der Waals surface area contributed by atoms with Crippen molar-refractivity contribution in [2.75, 3.05) is 0 Å². The lowest BCUT2D eigenvalue weighted by atomic mass is 9.82. The van der Waals surface area contributed by atoms with E-state index in [2.05, 4.69) is 38.1 Å². The SMILES string of the molecule is Cn1nc(CC2(N)CCCC(C)(C)CC2)c2ccccc21. The molecular formula is C18H27N3. The third kappa shape index (κ3) is 2.98. The zero-order valence-electron chi connectivity index (χ0n) is 13.5. The first-order valence-electron chi connectivity index (χ1n) is 8.08. The number of aromatic nitrogens is 2. The zero-order valence-corrected chi connectivity index (χ0v) is 13.5. The van der Waals surface area contributed by atoms with Crippen LogP contribution in [0.5, 0.6) is 0 Å². The van der Waals surface area contributed by atoms with Gasteiger partial charge >= 0.3 is 0 Å². The van der Waals surface area contributed by atoms with Gasteiger partial charge in [0.1, 0.15) is 0 Å². The standard InChI is InChI=1S/C18H27N3/c1-17(2)9-6-10-18(19,12-11-17)13-15-14-7-4-5-8-16(14)21(3)20-15/h4-5,7-8H,6,9-13,19H2,1-3H3. The Bertz CT molecular complexity index is 641. The second-order valence-corrected chi connectivity index (χ2v) is 7.64. The summed E-state index contributed by atoms with van der Waals surface area (Å²) in [6.07, 6.45) is 6.84. The Morgan fingerprint density at radius 2 is 1.90 bits per heavy atom. The maximum atomic E-state index is 6.76. The van der Waals surface area contributed by atoms with E-state index in [4.69, 9.17) is 10.8 Å². The predicted molar refractivity (Wildman–Crippen MR) is 88.2 cm³/mol. The highest BCUT2D eigenvalue weighted by Gasteiger charge is 2.33. The van der Waals surface area contributed by atoms with Crippen LogP contribution in [0.2, 0.25) is 0 Å². The van der Waals surface area contributed by atoms with Gasteiger partial charge in [-0.15, -0.1) is 0 Å². The number of aryl methyl sites for hydroxylation is 1. The topological polar surface area (TPSA) is 43.8 Å². The van der Waals surface area contributed by atoms with E-state index in [1.54, 1.807) is 0 Å². The molecule has 0 aliphatic heterocycles. The van der Waals surface area contributed by atoms with Crippen molar-refractivity contribution < 1.29 is 0 Å². The molecule has 1 heterocycles. The van der Waals surface area contributed by atoms with Gasteiger partial charge in [0.15, 0.2) is 0 Å². The van der Waals surface area contributed by atoms with Crippen molar-refractivity contribution in [1.29, 1.82) is 0 Å². The fourth-order valence-electron chi connectivity index (χ4n) is 3.69. The lowest BCUT2D eigenvalue weighted by Crippen LogP contribution is -2.42. The van der Waals surface area contributed by atoms with Crippen molar-refractivity contribution in [2.24, 2.45) is 18.2 Å². The molecule has 0 spiro atoms. The highest BCUT2D eigenvalue weighted by atomic mass is 15.3. The summed E-state index contributed by atoms with van der Waals surface area (Å²) < 4.78 is 1.98. The van der Waals surface area contributed by atoms with Crippen molar-refractivity contribution in [1.82, 2.24) is 9.78 Å². The van der Waals surface area contributed by atoms with E-state index in [0.29, 0.717) is 5.41 Å². The molecule has 114 valence electrons. The van der Waals surface area contributed by atoms with Gasteiger partial charge in [0.05, 0.1) is 11.2 Å².